The number of anilines is 1. The molecular weight excluding hydrogens is 414 g/mol. The van der Waals surface area contributed by atoms with E-state index in [1.165, 1.54) is 28.4 Å². The number of fused-ring (bicyclic) bond motifs is 1. The Balaban J connectivity index is 1.60. The number of nitro groups is 1. The number of imidazole rings is 1. The maximum atomic E-state index is 11.7. The highest BCUT2D eigenvalue weighted by Gasteiger charge is 2.25. The second-order valence-corrected chi connectivity index (χ2v) is 9.73. The molecule has 11 heteroatoms. The lowest BCUT2D eigenvalue weighted by Gasteiger charge is -2.34. The van der Waals surface area contributed by atoms with Crippen molar-refractivity contribution in [2.45, 2.75) is 10.1 Å². The van der Waals surface area contributed by atoms with Crippen LogP contribution in [0.4, 0.5) is 11.4 Å². The van der Waals surface area contributed by atoms with Gasteiger partial charge in [-0.1, -0.05) is 12.1 Å². The third-order valence-electron chi connectivity index (χ3n) is 4.79. The minimum Gasteiger partial charge on any atom is -0.369 e. The molecule has 1 aliphatic rings. The van der Waals surface area contributed by atoms with Gasteiger partial charge in [-0.05, 0) is 36.0 Å². The van der Waals surface area contributed by atoms with Crippen molar-refractivity contribution in [3.63, 3.8) is 0 Å². The molecule has 9 nitrogen and oxygen atoms in total. The molecule has 1 fully saturated rings. The van der Waals surface area contributed by atoms with Crippen LogP contribution in [0.25, 0.3) is 11.0 Å². The summed E-state index contributed by atoms with van der Waals surface area (Å²) < 4.78 is 24.8. The van der Waals surface area contributed by atoms with E-state index >= 15 is 0 Å². The molecule has 0 unspecified atom stereocenters. The molecule has 1 aromatic heterocycles. The van der Waals surface area contributed by atoms with E-state index < -0.39 is 14.9 Å². The first-order chi connectivity index (χ1) is 13.8. The molecule has 0 aliphatic carbocycles. The van der Waals surface area contributed by atoms with Crippen LogP contribution in [0.3, 0.4) is 0 Å². The fourth-order valence-electron chi connectivity index (χ4n) is 3.29. The second kappa shape index (κ2) is 7.65. The number of nitrogens with zero attached hydrogens (tertiary/aromatic N) is 4. The molecule has 2 heterocycles. The van der Waals surface area contributed by atoms with Crippen LogP contribution >= 0.6 is 11.8 Å². The number of aromatic nitrogens is 2. The standard InChI is InChI=1S/C18H19N5O4S2/c1-29(26,27)22-10-8-21(9-11-22)13-6-7-16(23(24)25)17(12-13)28-18-19-14-4-2-3-5-15(14)20-18/h2-7,12H,8-11H2,1H3,(H,19,20). The SMILES string of the molecule is CS(=O)(=O)N1CCN(c2ccc([N+](=O)[O-])c(Sc3nc4ccccc4[nH]3)c2)CC1. The Labute approximate surface area is 171 Å². The van der Waals surface area contributed by atoms with Crippen molar-refractivity contribution < 1.29 is 13.3 Å². The Hall–Kier alpha value is -2.63. The number of sulfonamides is 1. The average Bonchev–Trinajstić information content (AvgIpc) is 3.09. The first-order valence-corrected chi connectivity index (χ1v) is 11.6. The monoisotopic (exact) mass is 433 g/mol. The molecule has 1 saturated heterocycles. The highest BCUT2D eigenvalue weighted by atomic mass is 32.2. The number of rotatable bonds is 5. The first kappa shape index (κ1) is 19.7. The van der Waals surface area contributed by atoms with E-state index in [9.17, 15) is 18.5 Å². The molecule has 1 N–H and O–H groups in total. The van der Waals surface area contributed by atoms with Crippen LogP contribution in [0.15, 0.2) is 52.5 Å². The molecule has 0 spiro atoms. The molecule has 1 aliphatic heterocycles. The van der Waals surface area contributed by atoms with Gasteiger partial charge in [-0.15, -0.1) is 0 Å². The molecule has 0 radical (unpaired) electrons. The number of benzene rings is 2. The van der Waals surface area contributed by atoms with Crippen LogP contribution < -0.4 is 4.90 Å². The third kappa shape index (κ3) is 4.21. The zero-order chi connectivity index (χ0) is 20.6. The van der Waals surface area contributed by atoms with Gasteiger partial charge in [0.15, 0.2) is 5.16 Å². The Morgan fingerprint density at radius 3 is 2.52 bits per heavy atom. The van der Waals surface area contributed by atoms with Crippen molar-refractivity contribution in [1.82, 2.24) is 14.3 Å². The molecule has 0 bridgehead atoms. The number of H-pyrrole nitrogens is 1. The highest BCUT2D eigenvalue weighted by molar-refractivity contribution is 7.99. The van der Waals surface area contributed by atoms with Gasteiger partial charge in [0.05, 0.1) is 27.1 Å². The largest absolute Gasteiger partial charge is 0.369 e. The number of hydrogen-bond acceptors (Lipinski definition) is 7. The topological polar surface area (TPSA) is 112 Å². The summed E-state index contributed by atoms with van der Waals surface area (Å²) in [5, 5.41) is 12.1. The lowest BCUT2D eigenvalue weighted by Crippen LogP contribution is -2.48. The summed E-state index contributed by atoms with van der Waals surface area (Å²) in [4.78, 5) is 21.3. The fraction of sp³-hybridized carbons (Fsp3) is 0.278. The molecule has 0 saturated carbocycles. The first-order valence-electron chi connectivity index (χ1n) is 8.92. The molecule has 3 aromatic rings. The van der Waals surface area contributed by atoms with Crippen LogP contribution in [0.2, 0.25) is 0 Å². The summed E-state index contributed by atoms with van der Waals surface area (Å²) in [5.41, 5.74) is 2.49. The summed E-state index contributed by atoms with van der Waals surface area (Å²) in [5.74, 6) is 0. The fourth-order valence-corrected chi connectivity index (χ4v) is 5.06. The van der Waals surface area contributed by atoms with Gasteiger partial charge in [0.1, 0.15) is 0 Å². The van der Waals surface area contributed by atoms with Gasteiger partial charge >= 0.3 is 0 Å². The van der Waals surface area contributed by atoms with Gasteiger partial charge in [0.25, 0.3) is 5.69 Å². The zero-order valence-electron chi connectivity index (χ0n) is 15.6. The summed E-state index contributed by atoms with van der Waals surface area (Å²) in [6, 6.07) is 12.5. The predicted molar refractivity (Wildman–Crippen MR) is 112 cm³/mol. The lowest BCUT2D eigenvalue weighted by atomic mass is 10.2. The molecule has 29 heavy (non-hydrogen) atoms. The van der Waals surface area contributed by atoms with Crippen LogP contribution in [-0.4, -0.2) is 60.0 Å². The van der Waals surface area contributed by atoms with E-state index in [4.69, 9.17) is 0 Å². The van der Waals surface area contributed by atoms with Crippen molar-refractivity contribution in [2.75, 3.05) is 37.3 Å². The Bertz CT molecular complexity index is 1140. The summed E-state index contributed by atoms with van der Waals surface area (Å²) in [6.07, 6.45) is 1.20. The van der Waals surface area contributed by atoms with Crippen LogP contribution in [0.5, 0.6) is 0 Å². The molecule has 0 amide bonds. The number of aromatic amines is 1. The van der Waals surface area contributed by atoms with E-state index in [0.717, 1.165) is 16.7 Å². The van der Waals surface area contributed by atoms with Crippen molar-refractivity contribution in [1.29, 1.82) is 0 Å². The van der Waals surface area contributed by atoms with Crippen LogP contribution in [0.1, 0.15) is 0 Å². The Morgan fingerprint density at radius 1 is 1.14 bits per heavy atom. The molecule has 4 rings (SSSR count). The minimum absolute atomic E-state index is 0.00831. The van der Waals surface area contributed by atoms with Gasteiger partial charge in [-0.3, -0.25) is 10.1 Å². The lowest BCUT2D eigenvalue weighted by molar-refractivity contribution is -0.387. The summed E-state index contributed by atoms with van der Waals surface area (Å²) >= 11 is 1.21. The maximum absolute atomic E-state index is 11.7. The quantitative estimate of drug-likeness (QED) is 0.486. The van der Waals surface area contributed by atoms with Gasteiger partial charge in [0.2, 0.25) is 10.0 Å². The van der Waals surface area contributed by atoms with E-state index in [1.54, 1.807) is 12.1 Å². The summed E-state index contributed by atoms with van der Waals surface area (Å²) in [6.45, 7) is 1.84. The number of piperazine rings is 1. The second-order valence-electron chi connectivity index (χ2n) is 6.72. The number of para-hydroxylation sites is 2. The van der Waals surface area contributed by atoms with Crippen molar-refractivity contribution in [2.24, 2.45) is 0 Å². The summed E-state index contributed by atoms with van der Waals surface area (Å²) in [7, 11) is -3.21. The van der Waals surface area contributed by atoms with E-state index in [2.05, 4.69) is 9.97 Å². The van der Waals surface area contributed by atoms with Crippen LogP contribution in [-0.2, 0) is 10.0 Å². The van der Waals surface area contributed by atoms with Crippen molar-refractivity contribution in [3.8, 4) is 0 Å². The molecule has 2 aromatic carbocycles. The van der Waals surface area contributed by atoms with Gasteiger partial charge < -0.3 is 9.88 Å². The number of hydrogen-bond donors (Lipinski definition) is 1. The van der Waals surface area contributed by atoms with Crippen molar-refractivity contribution in [3.05, 3.63) is 52.6 Å². The molecular formula is C18H19N5O4S2. The number of nitro benzene ring substituents is 1. The van der Waals surface area contributed by atoms with E-state index in [1.807, 2.05) is 29.2 Å². The molecule has 152 valence electrons. The highest BCUT2D eigenvalue weighted by Crippen LogP contribution is 2.37. The van der Waals surface area contributed by atoms with Gasteiger partial charge in [0, 0.05) is 37.9 Å². The Kier molecular flexibility index (Phi) is 5.19. The maximum Gasteiger partial charge on any atom is 0.283 e. The average molecular weight is 434 g/mol. The molecule has 0 atom stereocenters. The van der Waals surface area contributed by atoms with E-state index in [-0.39, 0.29) is 5.69 Å². The Morgan fingerprint density at radius 2 is 1.86 bits per heavy atom. The predicted octanol–water partition coefficient (Wildman–Crippen LogP) is 2.70. The zero-order valence-corrected chi connectivity index (χ0v) is 17.2. The third-order valence-corrected chi connectivity index (χ3v) is 7.02. The van der Waals surface area contributed by atoms with Crippen molar-refractivity contribution >= 4 is 44.2 Å². The van der Waals surface area contributed by atoms with Gasteiger partial charge in [-0.25, -0.2) is 13.4 Å². The van der Waals surface area contributed by atoms with E-state index in [0.29, 0.717) is 36.2 Å². The smallest absolute Gasteiger partial charge is 0.283 e. The van der Waals surface area contributed by atoms with Crippen LogP contribution in [0, 0.1) is 10.1 Å². The minimum atomic E-state index is -3.21. The van der Waals surface area contributed by atoms with Gasteiger partial charge in [-0.2, -0.15) is 4.31 Å². The normalized spacial score (nSPS) is 15.7. The number of nitrogens with one attached hydrogen (secondary N) is 1.